The monoisotopic (exact) mass is 497 g/mol. The van der Waals surface area contributed by atoms with E-state index in [9.17, 15) is 9.59 Å². The SMILES string of the molecule is CCOCCOc1ccc(C(=O)NC(=S)Nc2cccc(C(=O)Nc3cccc(Cl)c3)c2)cc1. The highest BCUT2D eigenvalue weighted by molar-refractivity contribution is 7.80. The van der Waals surface area contributed by atoms with Gasteiger partial charge in [-0.2, -0.15) is 0 Å². The van der Waals surface area contributed by atoms with Crippen molar-refractivity contribution in [3.63, 3.8) is 0 Å². The number of thiocarbonyl (C=S) groups is 1. The summed E-state index contributed by atoms with van der Waals surface area (Å²) in [6, 6.07) is 20.3. The third kappa shape index (κ3) is 7.84. The minimum absolute atomic E-state index is 0.106. The predicted octanol–water partition coefficient (Wildman–Crippen LogP) is 5.13. The second-order valence-corrected chi connectivity index (χ2v) is 7.87. The van der Waals surface area contributed by atoms with Crippen LogP contribution in [0.3, 0.4) is 0 Å². The minimum atomic E-state index is -0.367. The van der Waals surface area contributed by atoms with Crippen LogP contribution in [0.25, 0.3) is 0 Å². The fourth-order valence-electron chi connectivity index (χ4n) is 2.91. The molecule has 0 saturated heterocycles. The van der Waals surface area contributed by atoms with Crippen molar-refractivity contribution in [2.75, 3.05) is 30.5 Å². The van der Waals surface area contributed by atoms with Gasteiger partial charge in [0.25, 0.3) is 11.8 Å². The van der Waals surface area contributed by atoms with Gasteiger partial charge in [0.1, 0.15) is 12.4 Å². The highest BCUT2D eigenvalue weighted by atomic mass is 35.5. The highest BCUT2D eigenvalue weighted by Gasteiger charge is 2.11. The Morgan fingerprint density at radius 1 is 0.853 bits per heavy atom. The number of amides is 2. The Morgan fingerprint density at radius 2 is 1.56 bits per heavy atom. The number of halogens is 1. The molecule has 9 heteroatoms. The van der Waals surface area contributed by atoms with E-state index in [2.05, 4.69) is 16.0 Å². The van der Waals surface area contributed by atoms with Gasteiger partial charge in [0.2, 0.25) is 0 Å². The summed E-state index contributed by atoms with van der Waals surface area (Å²) in [4.78, 5) is 25.0. The van der Waals surface area contributed by atoms with Crippen LogP contribution in [0.15, 0.2) is 72.8 Å². The van der Waals surface area contributed by atoms with Gasteiger partial charge in [-0.25, -0.2) is 0 Å². The van der Waals surface area contributed by atoms with Crippen molar-refractivity contribution in [2.24, 2.45) is 0 Å². The van der Waals surface area contributed by atoms with Gasteiger partial charge in [-0.3, -0.25) is 14.9 Å². The van der Waals surface area contributed by atoms with Gasteiger partial charge < -0.3 is 20.1 Å². The van der Waals surface area contributed by atoms with Crippen LogP contribution in [0.5, 0.6) is 5.75 Å². The van der Waals surface area contributed by atoms with Crippen LogP contribution in [0.4, 0.5) is 11.4 Å². The predicted molar refractivity (Wildman–Crippen MR) is 138 cm³/mol. The van der Waals surface area contributed by atoms with E-state index in [1.165, 1.54) is 0 Å². The Balaban J connectivity index is 1.53. The second kappa shape index (κ2) is 12.7. The Bertz CT molecular complexity index is 1150. The van der Waals surface area contributed by atoms with Crippen LogP contribution in [0.2, 0.25) is 5.02 Å². The molecule has 176 valence electrons. The van der Waals surface area contributed by atoms with E-state index in [1.54, 1.807) is 72.8 Å². The lowest BCUT2D eigenvalue weighted by molar-refractivity contribution is 0.0975. The number of ether oxygens (including phenoxy) is 2. The molecule has 0 saturated carbocycles. The van der Waals surface area contributed by atoms with Crippen molar-refractivity contribution < 1.29 is 19.1 Å². The molecule has 0 aliphatic carbocycles. The summed E-state index contributed by atoms with van der Waals surface area (Å²) < 4.78 is 10.8. The van der Waals surface area contributed by atoms with Crippen molar-refractivity contribution in [3.05, 3.63) is 88.9 Å². The normalized spacial score (nSPS) is 10.3. The van der Waals surface area contributed by atoms with E-state index in [0.29, 0.717) is 53.1 Å². The van der Waals surface area contributed by atoms with Crippen molar-refractivity contribution in [1.29, 1.82) is 0 Å². The first-order valence-corrected chi connectivity index (χ1v) is 11.3. The molecule has 0 atom stereocenters. The van der Waals surface area contributed by atoms with Crippen molar-refractivity contribution in [2.45, 2.75) is 6.92 Å². The molecule has 0 heterocycles. The molecule has 0 radical (unpaired) electrons. The van der Waals surface area contributed by atoms with E-state index < -0.39 is 0 Å². The maximum Gasteiger partial charge on any atom is 0.257 e. The largest absolute Gasteiger partial charge is 0.491 e. The van der Waals surface area contributed by atoms with Gasteiger partial charge in [-0.15, -0.1) is 0 Å². The quantitative estimate of drug-likeness (QED) is 0.280. The zero-order valence-corrected chi connectivity index (χ0v) is 20.0. The smallest absolute Gasteiger partial charge is 0.257 e. The van der Waals surface area contributed by atoms with Crippen LogP contribution in [0.1, 0.15) is 27.6 Å². The maximum atomic E-state index is 12.6. The number of rotatable bonds is 9. The second-order valence-electron chi connectivity index (χ2n) is 7.02. The van der Waals surface area contributed by atoms with Gasteiger partial charge in [0.05, 0.1) is 6.61 Å². The molecule has 3 N–H and O–H groups in total. The van der Waals surface area contributed by atoms with Crippen molar-refractivity contribution in [1.82, 2.24) is 5.32 Å². The number of benzene rings is 3. The maximum absolute atomic E-state index is 12.6. The average molecular weight is 498 g/mol. The van der Waals surface area contributed by atoms with Gasteiger partial charge in [-0.1, -0.05) is 23.7 Å². The molecule has 34 heavy (non-hydrogen) atoms. The number of nitrogens with one attached hydrogen (secondary N) is 3. The Labute approximate surface area is 208 Å². The molecular weight excluding hydrogens is 474 g/mol. The van der Waals surface area contributed by atoms with E-state index in [0.717, 1.165) is 0 Å². The summed E-state index contributed by atoms with van der Waals surface area (Å²) in [7, 11) is 0. The summed E-state index contributed by atoms with van der Waals surface area (Å²) in [5.41, 5.74) is 1.99. The number of hydrogen-bond acceptors (Lipinski definition) is 5. The van der Waals surface area contributed by atoms with E-state index >= 15 is 0 Å². The van der Waals surface area contributed by atoms with Gasteiger partial charge >= 0.3 is 0 Å². The zero-order valence-electron chi connectivity index (χ0n) is 18.5. The van der Waals surface area contributed by atoms with Crippen LogP contribution < -0.4 is 20.7 Å². The molecule has 7 nitrogen and oxygen atoms in total. The van der Waals surface area contributed by atoms with Crippen LogP contribution >= 0.6 is 23.8 Å². The summed E-state index contributed by atoms with van der Waals surface area (Å²) in [5, 5.41) is 8.96. The Hall–Kier alpha value is -3.46. The Morgan fingerprint density at radius 3 is 2.26 bits per heavy atom. The lowest BCUT2D eigenvalue weighted by Crippen LogP contribution is -2.34. The molecule has 0 fully saturated rings. The standard InChI is InChI=1S/C25H24ClN3O4S/c1-2-32-13-14-33-22-11-9-17(10-12-22)23(30)29-25(34)28-20-7-3-5-18(15-20)24(31)27-21-8-4-6-19(26)16-21/h3-12,15-16H,2,13-14H2,1H3,(H,27,31)(H2,28,29,30,34). The van der Waals surface area contributed by atoms with Gasteiger partial charge in [-0.05, 0) is 79.8 Å². The first-order valence-electron chi connectivity index (χ1n) is 10.5. The van der Waals surface area contributed by atoms with Gasteiger partial charge in [0, 0.05) is 34.1 Å². The van der Waals surface area contributed by atoms with Crippen LogP contribution in [0, 0.1) is 0 Å². The molecule has 0 aliphatic rings. The third-order valence-corrected chi connectivity index (χ3v) is 4.95. The zero-order chi connectivity index (χ0) is 24.3. The van der Waals surface area contributed by atoms with Crippen molar-refractivity contribution in [3.8, 4) is 5.75 Å². The fourth-order valence-corrected chi connectivity index (χ4v) is 3.31. The molecule has 3 rings (SSSR count). The third-order valence-electron chi connectivity index (χ3n) is 4.51. The minimum Gasteiger partial charge on any atom is -0.491 e. The van der Waals surface area contributed by atoms with Crippen molar-refractivity contribution >= 4 is 52.1 Å². The lowest BCUT2D eigenvalue weighted by Gasteiger charge is -2.12. The topological polar surface area (TPSA) is 88.7 Å². The summed E-state index contributed by atoms with van der Waals surface area (Å²) in [6.45, 7) is 3.49. The first-order chi connectivity index (χ1) is 16.4. The molecule has 0 bridgehead atoms. The van der Waals surface area contributed by atoms with Crippen LogP contribution in [-0.4, -0.2) is 36.7 Å². The lowest BCUT2D eigenvalue weighted by atomic mass is 10.2. The number of carbonyl (C=O) groups is 2. The van der Waals surface area contributed by atoms with E-state index in [1.807, 2.05) is 6.92 Å². The average Bonchev–Trinajstić information content (AvgIpc) is 2.82. The number of anilines is 2. The molecule has 0 aliphatic heterocycles. The van der Waals surface area contributed by atoms with Crippen LogP contribution in [-0.2, 0) is 4.74 Å². The first kappa shape index (κ1) is 25.2. The summed E-state index contributed by atoms with van der Waals surface area (Å²) >= 11 is 11.2. The number of hydrogen-bond donors (Lipinski definition) is 3. The molecule has 0 spiro atoms. The van der Waals surface area contributed by atoms with E-state index in [4.69, 9.17) is 33.3 Å². The molecule has 3 aromatic rings. The summed E-state index contributed by atoms with van der Waals surface area (Å²) in [5.74, 6) is -0.0255. The summed E-state index contributed by atoms with van der Waals surface area (Å²) in [6.07, 6.45) is 0. The molecule has 0 unspecified atom stereocenters. The molecule has 3 aromatic carbocycles. The molecule has 0 aromatic heterocycles. The van der Waals surface area contributed by atoms with Gasteiger partial charge in [0.15, 0.2) is 5.11 Å². The Kier molecular flexibility index (Phi) is 9.40. The fraction of sp³-hybridized carbons (Fsp3) is 0.160. The number of carbonyl (C=O) groups excluding carboxylic acids is 2. The highest BCUT2D eigenvalue weighted by Crippen LogP contribution is 2.17. The van der Waals surface area contributed by atoms with E-state index in [-0.39, 0.29) is 16.9 Å². The molecular formula is C25H24ClN3O4S. The molecule has 2 amide bonds.